The molecule has 1 rings (SSSR count). The minimum atomic E-state index is -2.41. The van der Waals surface area contributed by atoms with Gasteiger partial charge in [-0.3, -0.25) is 0 Å². The van der Waals surface area contributed by atoms with Crippen LogP contribution in [0.15, 0.2) is 0 Å². The van der Waals surface area contributed by atoms with E-state index < -0.39 is 8.80 Å². The Kier molecular flexibility index (Phi) is 12.3. The van der Waals surface area contributed by atoms with Gasteiger partial charge in [0, 0.05) is 32.5 Å². The van der Waals surface area contributed by atoms with E-state index in [9.17, 15) is 0 Å². The molecular weight excluding hydrogens is 308 g/mol. The summed E-state index contributed by atoms with van der Waals surface area (Å²) in [5, 5.41) is 0. The molecule has 1 heterocycles. The van der Waals surface area contributed by atoms with Gasteiger partial charge < -0.3 is 18.0 Å². The van der Waals surface area contributed by atoms with Crippen LogP contribution in [0, 0.1) is 0 Å². The van der Waals surface area contributed by atoms with Crippen LogP contribution in [0.1, 0.15) is 78.6 Å². The second kappa shape index (κ2) is 13.4. The predicted octanol–water partition coefficient (Wildman–Crippen LogP) is 4.94. The molecule has 0 aromatic heterocycles. The molecule has 1 fully saturated rings. The monoisotopic (exact) mass is 346 g/mol. The molecule has 0 radical (unpaired) electrons. The molecule has 5 heteroatoms. The Morgan fingerprint density at radius 2 is 1.39 bits per heavy atom. The highest BCUT2D eigenvalue weighted by molar-refractivity contribution is 6.60. The summed E-state index contributed by atoms with van der Waals surface area (Å²) in [5.41, 5.74) is 0. The van der Waals surface area contributed by atoms with Crippen molar-refractivity contribution in [3.8, 4) is 0 Å². The molecule has 0 amide bonds. The van der Waals surface area contributed by atoms with Crippen molar-refractivity contribution in [2.75, 3.05) is 26.4 Å². The number of ether oxygens (including phenoxy) is 1. The molecule has 1 atom stereocenters. The van der Waals surface area contributed by atoms with E-state index in [1.165, 1.54) is 51.4 Å². The van der Waals surface area contributed by atoms with Crippen LogP contribution in [0.25, 0.3) is 0 Å². The molecule has 0 N–H and O–H groups in total. The zero-order valence-electron chi connectivity index (χ0n) is 15.6. The summed E-state index contributed by atoms with van der Waals surface area (Å²) < 4.78 is 23.3. The van der Waals surface area contributed by atoms with E-state index in [2.05, 4.69) is 0 Å². The third-order valence-corrected chi connectivity index (χ3v) is 7.53. The van der Waals surface area contributed by atoms with E-state index in [4.69, 9.17) is 18.0 Å². The van der Waals surface area contributed by atoms with Gasteiger partial charge in [0.1, 0.15) is 0 Å². The second-order valence-electron chi connectivity index (χ2n) is 6.28. The fourth-order valence-corrected chi connectivity index (χ4v) is 5.98. The van der Waals surface area contributed by atoms with Crippen LogP contribution in [0.3, 0.4) is 0 Å². The largest absolute Gasteiger partial charge is 0.500 e. The average Bonchev–Trinajstić information content (AvgIpc) is 3.04. The normalized spacial score (nSPS) is 18.7. The van der Waals surface area contributed by atoms with Crippen LogP contribution in [0.5, 0.6) is 0 Å². The summed E-state index contributed by atoms with van der Waals surface area (Å²) in [6, 6.07) is 0.957. The summed E-state index contributed by atoms with van der Waals surface area (Å²) in [5.74, 6) is 0. The smallest absolute Gasteiger partial charge is 0.378 e. The molecule has 0 aromatic rings. The molecule has 1 aliphatic heterocycles. The standard InChI is InChI=1S/C18H38O4Si/c1-4-20-23(21-5-2,22-6-3)17-12-10-8-7-9-11-14-18-15-13-16-19-18/h18H,4-17H2,1-3H3. The van der Waals surface area contributed by atoms with Crippen LogP contribution >= 0.6 is 0 Å². The maximum atomic E-state index is 5.89. The SMILES string of the molecule is CCO[Si](CCCCCCCCC1CCCO1)(OCC)OCC. The van der Waals surface area contributed by atoms with Gasteiger partial charge in [0.25, 0.3) is 0 Å². The molecule has 0 aromatic carbocycles. The van der Waals surface area contributed by atoms with E-state index in [-0.39, 0.29) is 0 Å². The molecule has 0 bridgehead atoms. The van der Waals surface area contributed by atoms with E-state index >= 15 is 0 Å². The minimum Gasteiger partial charge on any atom is -0.378 e. The number of hydrogen-bond acceptors (Lipinski definition) is 4. The Morgan fingerprint density at radius 3 is 1.91 bits per heavy atom. The van der Waals surface area contributed by atoms with Crippen molar-refractivity contribution >= 4 is 8.80 Å². The van der Waals surface area contributed by atoms with Gasteiger partial charge in [-0.05, 0) is 46.5 Å². The second-order valence-corrected chi connectivity index (χ2v) is 9.01. The van der Waals surface area contributed by atoms with Crippen LogP contribution in [0.4, 0.5) is 0 Å². The number of hydrogen-bond donors (Lipinski definition) is 0. The zero-order chi connectivity index (χ0) is 16.8. The molecule has 1 unspecified atom stereocenters. The summed E-state index contributed by atoms with van der Waals surface area (Å²) in [4.78, 5) is 0. The van der Waals surface area contributed by atoms with Gasteiger partial charge in [-0.1, -0.05) is 32.1 Å². The van der Waals surface area contributed by atoms with Crippen molar-refractivity contribution in [1.29, 1.82) is 0 Å². The van der Waals surface area contributed by atoms with Crippen molar-refractivity contribution in [3.63, 3.8) is 0 Å². The van der Waals surface area contributed by atoms with Crippen molar-refractivity contribution in [2.24, 2.45) is 0 Å². The molecule has 0 spiro atoms. The quantitative estimate of drug-likeness (QED) is 0.311. The zero-order valence-corrected chi connectivity index (χ0v) is 16.6. The van der Waals surface area contributed by atoms with Gasteiger partial charge >= 0.3 is 8.80 Å². The molecule has 138 valence electrons. The first-order chi connectivity index (χ1) is 11.3. The van der Waals surface area contributed by atoms with Gasteiger partial charge in [-0.25, -0.2) is 0 Å². The Bertz CT molecular complexity index is 253. The highest BCUT2D eigenvalue weighted by Crippen LogP contribution is 2.22. The molecule has 0 aliphatic carbocycles. The fraction of sp³-hybridized carbons (Fsp3) is 1.00. The molecule has 1 aliphatic rings. The Hall–Kier alpha value is 0.0569. The third-order valence-electron chi connectivity index (χ3n) is 4.38. The lowest BCUT2D eigenvalue weighted by Crippen LogP contribution is -2.45. The summed E-state index contributed by atoms with van der Waals surface area (Å²) >= 11 is 0. The summed E-state index contributed by atoms with van der Waals surface area (Å²) in [7, 11) is -2.41. The average molecular weight is 347 g/mol. The first kappa shape index (κ1) is 21.1. The van der Waals surface area contributed by atoms with Crippen LogP contribution in [-0.4, -0.2) is 41.3 Å². The first-order valence-electron chi connectivity index (χ1n) is 9.79. The van der Waals surface area contributed by atoms with Crippen molar-refractivity contribution in [1.82, 2.24) is 0 Å². The summed E-state index contributed by atoms with van der Waals surface area (Å²) in [6.07, 6.45) is 12.1. The van der Waals surface area contributed by atoms with Gasteiger partial charge in [0.05, 0.1) is 6.10 Å². The van der Waals surface area contributed by atoms with Gasteiger partial charge in [0.2, 0.25) is 0 Å². The van der Waals surface area contributed by atoms with E-state index in [0.29, 0.717) is 25.9 Å². The molecule has 4 nitrogen and oxygen atoms in total. The summed E-state index contributed by atoms with van der Waals surface area (Å²) in [6.45, 7) is 9.08. The lowest BCUT2D eigenvalue weighted by atomic mass is 10.1. The fourth-order valence-electron chi connectivity index (χ4n) is 3.29. The molecule has 1 saturated heterocycles. The van der Waals surface area contributed by atoms with Gasteiger partial charge in [0.15, 0.2) is 0 Å². The maximum absolute atomic E-state index is 5.89. The lowest BCUT2D eigenvalue weighted by molar-refractivity contribution is 0.0706. The first-order valence-corrected chi connectivity index (χ1v) is 11.7. The molecule has 0 saturated carbocycles. The van der Waals surface area contributed by atoms with E-state index in [0.717, 1.165) is 19.1 Å². The Labute approximate surface area is 144 Å². The lowest BCUT2D eigenvalue weighted by Gasteiger charge is -2.28. The van der Waals surface area contributed by atoms with Crippen molar-refractivity contribution in [2.45, 2.75) is 90.7 Å². The van der Waals surface area contributed by atoms with E-state index in [1.807, 2.05) is 20.8 Å². The van der Waals surface area contributed by atoms with Crippen LogP contribution < -0.4 is 0 Å². The Balaban J connectivity index is 2.05. The van der Waals surface area contributed by atoms with Crippen LogP contribution in [-0.2, 0) is 18.0 Å². The Morgan fingerprint density at radius 1 is 0.826 bits per heavy atom. The van der Waals surface area contributed by atoms with E-state index in [1.54, 1.807) is 0 Å². The topological polar surface area (TPSA) is 36.9 Å². The van der Waals surface area contributed by atoms with Gasteiger partial charge in [-0.15, -0.1) is 0 Å². The van der Waals surface area contributed by atoms with Crippen molar-refractivity contribution < 1.29 is 18.0 Å². The highest BCUT2D eigenvalue weighted by Gasteiger charge is 2.39. The van der Waals surface area contributed by atoms with Crippen LogP contribution in [0.2, 0.25) is 6.04 Å². The molecular formula is C18H38O4Si. The van der Waals surface area contributed by atoms with Crippen molar-refractivity contribution in [3.05, 3.63) is 0 Å². The third kappa shape index (κ3) is 9.20. The molecule has 23 heavy (non-hydrogen) atoms. The maximum Gasteiger partial charge on any atom is 0.500 e. The number of rotatable bonds is 15. The highest BCUT2D eigenvalue weighted by atomic mass is 28.4. The minimum absolute atomic E-state index is 0.560. The predicted molar refractivity (Wildman–Crippen MR) is 96.7 cm³/mol. The van der Waals surface area contributed by atoms with Gasteiger partial charge in [-0.2, -0.15) is 0 Å². The number of unbranched alkanes of at least 4 members (excludes halogenated alkanes) is 5.